The van der Waals surface area contributed by atoms with Gasteiger partial charge in [-0.25, -0.2) is 4.98 Å². The third kappa shape index (κ3) is 2.08. The van der Waals surface area contributed by atoms with E-state index < -0.39 is 0 Å². The van der Waals surface area contributed by atoms with Gasteiger partial charge in [0, 0.05) is 13.5 Å². The predicted octanol–water partition coefficient (Wildman–Crippen LogP) is 0.687. The van der Waals surface area contributed by atoms with Gasteiger partial charge in [0.25, 0.3) is 0 Å². The molecule has 0 radical (unpaired) electrons. The second-order valence-electron chi connectivity index (χ2n) is 2.66. The zero-order valence-corrected chi connectivity index (χ0v) is 7.49. The van der Waals surface area contributed by atoms with E-state index in [9.17, 15) is 0 Å². The Hall–Kier alpha value is -1.32. The average molecular weight is 166 g/mol. The van der Waals surface area contributed by atoms with Crippen LogP contribution in [-0.2, 0) is 13.6 Å². The molecule has 66 valence electrons. The van der Waals surface area contributed by atoms with E-state index in [1.165, 1.54) is 0 Å². The minimum absolute atomic E-state index is 0.621. The molecule has 1 aromatic heterocycles. The van der Waals surface area contributed by atoms with Crippen molar-refractivity contribution in [3.63, 3.8) is 0 Å². The third-order valence-electron chi connectivity index (χ3n) is 1.72. The van der Waals surface area contributed by atoms with Gasteiger partial charge >= 0.3 is 0 Å². The van der Waals surface area contributed by atoms with Crippen LogP contribution >= 0.6 is 0 Å². The van der Waals surface area contributed by atoms with Crippen LogP contribution in [0.1, 0.15) is 19.0 Å². The molecule has 0 aromatic carbocycles. The van der Waals surface area contributed by atoms with Gasteiger partial charge in [-0.15, -0.1) is 0 Å². The molecule has 0 fully saturated rings. The van der Waals surface area contributed by atoms with Gasteiger partial charge in [0.15, 0.2) is 0 Å². The molecule has 1 aromatic rings. The van der Waals surface area contributed by atoms with Crippen LogP contribution < -0.4 is 5.73 Å². The van der Waals surface area contributed by atoms with Gasteiger partial charge in [-0.05, 0) is 0 Å². The van der Waals surface area contributed by atoms with Crippen LogP contribution in [0.2, 0.25) is 0 Å². The summed E-state index contributed by atoms with van der Waals surface area (Å²) in [5.41, 5.74) is 6.64. The molecule has 2 N–H and O–H groups in total. The highest BCUT2D eigenvalue weighted by molar-refractivity contribution is 5.79. The SMILES string of the molecule is CCC(N)=NCc1cncn1C. The molecule has 0 unspecified atom stereocenters. The lowest BCUT2D eigenvalue weighted by Crippen LogP contribution is -2.10. The van der Waals surface area contributed by atoms with Crippen molar-refractivity contribution < 1.29 is 0 Å². The summed E-state index contributed by atoms with van der Waals surface area (Å²) in [7, 11) is 1.94. The maximum Gasteiger partial charge on any atom is 0.0946 e. The average Bonchev–Trinajstić information content (AvgIpc) is 2.47. The Morgan fingerprint density at radius 2 is 2.50 bits per heavy atom. The second kappa shape index (κ2) is 3.90. The molecular formula is C8H14N4. The van der Waals surface area contributed by atoms with Crippen LogP contribution in [0, 0.1) is 0 Å². The van der Waals surface area contributed by atoms with Crippen LogP contribution in [0.15, 0.2) is 17.5 Å². The maximum absolute atomic E-state index is 5.56. The smallest absolute Gasteiger partial charge is 0.0946 e. The van der Waals surface area contributed by atoms with E-state index in [1.807, 2.05) is 18.5 Å². The molecule has 0 saturated carbocycles. The van der Waals surface area contributed by atoms with Gasteiger partial charge in [0.2, 0.25) is 0 Å². The number of nitrogens with two attached hydrogens (primary N) is 1. The molecule has 1 rings (SSSR count). The summed E-state index contributed by atoms with van der Waals surface area (Å²) in [6, 6.07) is 0. The Morgan fingerprint density at radius 3 is 3.00 bits per heavy atom. The van der Waals surface area contributed by atoms with E-state index in [4.69, 9.17) is 5.73 Å². The van der Waals surface area contributed by atoms with Crippen LogP contribution in [0.5, 0.6) is 0 Å². The first-order chi connectivity index (χ1) is 5.74. The Balaban J connectivity index is 2.59. The van der Waals surface area contributed by atoms with Crippen molar-refractivity contribution in [1.82, 2.24) is 9.55 Å². The summed E-state index contributed by atoms with van der Waals surface area (Å²) in [4.78, 5) is 8.16. The van der Waals surface area contributed by atoms with Crippen molar-refractivity contribution in [3.05, 3.63) is 18.2 Å². The normalized spacial score (nSPS) is 12.0. The third-order valence-corrected chi connectivity index (χ3v) is 1.72. The molecule has 0 aliphatic heterocycles. The van der Waals surface area contributed by atoms with Gasteiger partial charge in [0.05, 0.1) is 30.6 Å². The van der Waals surface area contributed by atoms with Crippen molar-refractivity contribution in [2.75, 3.05) is 0 Å². The fourth-order valence-electron chi connectivity index (χ4n) is 0.831. The molecule has 0 saturated heterocycles. The summed E-state index contributed by atoms with van der Waals surface area (Å²) in [5, 5.41) is 0. The van der Waals surface area contributed by atoms with E-state index in [0.717, 1.165) is 12.1 Å². The highest BCUT2D eigenvalue weighted by atomic mass is 15.0. The fourth-order valence-corrected chi connectivity index (χ4v) is 0.831. The van der Waals surface area contributed by atoms with E-state index in [-0.39, 0.29) is 0 Å². The first-order valence-corrected chi connectivity index (χ1v) is 3.98. The van der Waals surface area contributed by atoms with Gasteiger partial charge in [-0.2, -0.15) is 0 Å². The lowest BCUT2D eigenvalue weighted by atomic mass is 10.4. The van der Waals surface area contributed by atoms with Crippen LogP contribution in [0.4, 0.5) is 0 Å². The number of nitrogens with zero attached hydrogens (tertiary/aromatic N) is 3. The zero-order chi connectivity index (χ0) is 8.97. The summed E-state index contributed by atoms with van der Waals surface area (Å²) in [6.07, 6.45) is 4.36. The zero-order valence-electron chi connectivity index (χ0n) is 7.49. The highest BCUT2D eigenvalue weighted by Gasteiger charge is 1.95. The summed E-state index contributed by atoms with van der Waals surface area (Å²) in [6.45, 7) is 2.61. The molecule has 4 nitrogen and oxygen atoms in total. The van der Waals surface area contributed by atoms with Crippen LogP contribution in [0.3, 0.4) is 0 Å². The number of amidine groups is 1. The quantitative estimate of drug-likeness (QED) is 0.530. The number of aromatic nitrogens is 2. The van der Waals surface area contributed by atoms with Crippen molar-refractivity contribution in [3.8, 4) is 0 Å². The second-order valence-corrected chi connectivity index (χ2v) is 2.66. The van der Waals surface area contributed by atoms with E-state index in [2.05, 4.69) is 9.98 Å². The van der Waals surface area contributed by atoms with Crippen molar-refractivity contribution in [2.45, 2.75) is 19.9 Å². The maximum atomic E-state index is 5.56. The van der Waals surface area contributed by atoms with Crippen LogP contribution in [-0.4, -0.2) is 15.4 Å². The van der Waals surface area contributed by atoms with Gasteiger partial charge in [-0.3, -0.25) is 4.99 Å². The van der Waals surface area contributed by atoms with E-state index in [1.54, 1.807) is 12.5 Å². The molecule has 0 atom stereocenters. The number of aryl methyl sites for hydroxylation is 1. The number of rotatable bonds is 3. The van der Waals surface area contributed by atoms with Gasteiger partial charge in [-0.1, -0.05) is 6.92 Å². The standard InChI is InChI=1S/C8H14N4/c1-3-8(9)11-5-7-4-10-6-12(7)2/h4,6H,3,5H2,1-2H3,(H2,9,11). The van der Waals surface area contributed by atoms with Gasteiger partial charge < -0.3 is 10.3 Å². The van der Waals surface area contributed by atoms with Gasteiger partial charge in [0.1, 0.15) is 0 Å². The highest BCUT2D eigenvalue weighted by Crippen LogP contribution is 1.98. The number of hydrogen-bond acceptors (Lipinski definition) is 2. The minimum atomic E-state index is 0.621. The molecule has 0 bridgehead atoms. The first kappa shape index (κ1) is 8.77. The number of hydrogen-bond donors (Lipinski definition) is 1. The molecule has 0 spiro atoms. The lowest BCUT2D eigenvalue weighted by molar-refractivity contribution is 0.819. The largest absolute Gasteiger partial charge is 0.387 e. The number of aliphatic imine (C=N–C) groups is 1. The molecule has 0 aliphatic rings. The lowest BCUT2D eigenvalue weighted by Gasteiger charge is -1.98. The molecule has 4 heteroatoms. The van der Waals surface area contributed by atoms with Crippen LogP contribution in [0.25, 0.3) is 0 Å². The number of imidazole rings is 1. The minimum Gasteiger partial charge on any atom is -0.387 e. The van der Waals surface area contributed by atoms with Crippen molar-refractivity contribution >= 4 is 5.84 Å². The summed E-state index contributed by atoms with van der Waals surface area (Å²) < 4.78 is 1.94. The molecule has 0 amide bonds. The topological polar surface area (TPSA) is 56.2 Å². The monoisotopic (exact) mass is 166 g/mol. The molecular weight excluding hydrogens is 152 g/mol. The Kier molecular flexibility index (Phi) is 2.85. The Bertz CT molecular complexity index is 274. The van der Waals surface area contributed by atoms with E-state index >= 15 is 0 Å². The Labute approximate surface area is 72.1 Å². The molecule has 12 heavy (non-hydrogen) atoms. The fraction of sp³-hybridized carbons (Fsp3) is 0.500. The molecule has 1 heterocycles. The summed E-state index contributed by atoms with van der Waals surface area (Å²) >= 11 is 0. The van der Waals surface area contributed by atoms with E-state index in [0.29, 0.717) is 12.4 Å². The van der Waals surface area contributed by atoms with Crippen molar-refractivity contribution in [2.24, 2.45) is 17.8 Å². The Morgan fingerprint density at radius 1 is 1.75 bits per heavy atom. The summed E-state index contributed by atoms with van der Waals surface area (Å²) in [5.74, 6) is 0.691. The first-order valence-electron chi connectivity index (χ1n) is 3.98. The van der Waals surface area contributed by atoms with Crippen molar-refractivity contribution in [1.29, 1.82) is 0 Å². The molecule has 0 aliphatic carbocycles. The predicted molar refractivity (Wildman–Crippen MR) is 48.8 cm³/mol.